The molecule has 0 unspecified atom stereocenters. The lowest BCUT2D eigenvalue weighted by molar-refractivity contribution is 0.189. The number of rotatable bonds is 5. The molecular formula is C16H27N3O2. The van der Waals surface area contributed by atoms with Gasteiger partial charge in [0.25, 0.3) is 5.56 Å². The smallest absolute Gasteiger partial charge is 0.255 e. The van der Waals surface area contributed by atoms with Gasteiger partial charge in [0.2, 0.25) is 0 Å². The Morgan fingerprint density at radius 2 is 2.14 bits per heavy atom. The molecule has 5 heteroatoms. The lowest BCUT2D eigenvalue weighted by Gasteiger charge is -2.30. The van der Waals surface area contributed by atoms with Gasteiger partial charge in [0.1, 0.15) is 0 Å². The summed E-state index contributed by atoms with van der Waals surface area (Å²) >= 11 is 0. The summed E-state index contributed by atoms with van der Waals surface area (Å²) in [6, 6.07) is 2.01. The van der Waals surface area contributed by atoms with Crippen molar-refractivity contribution in [1.82, 2.24) is 9.47 Å². The summed E-state index contributed by atoms with van der Waals surface area (Å²) in [7, 11) is 3.79. The summed E-state index contributed by atoms with van der Waals surface area (Å²) in [6.45, 7) is 7.01. The second-order valence-electron chi connectivity index (χ2n) is 6.54. The zero-order valence-corrected chi connectivity index (χ0v) is 13.6. The van der Waals surface area contributed by atoms with E-state index in [0.29, 0.717) is 18.7 Å². The molecule has 0 fully saturated rings. The molecule has 0 saturated heterocycles. The molecule has 1 aliphatic rings. The van der Waals surface area contributed by atoms with Crippen molar-refractivity contribution in [1.29, 1.82) is 0 Å². The number of ether oxygens (including phenoxy) is 1. The van der Waals surface area contributed by atoms with Gasteiger partial charge in [-0.2, -0.15) is 0 Å². The predicted octanol–water partition coefficient (Wildman–Crippen LogP) is 1.07. The minimum atomic E-state index is -0.620. The highest BCUT2D eigenvalue weighted by Crippen LogP contribution is 2.22. The molecule has 0 atom stereocenters. The second kappa shape index (κ2) is 6.30. The van der Waals surface area contributed by atoms with Crippen LogP contribution in [0.25, 0.3) is 0 Å². The van der Waals surface area contributed by atoms with E-state index >= 15 is 0 Å². The third-order valence-corrected chi connectivity index (χ3v) is 4.09. The number of fused-ring (bicyclic) bond motifs is 1. The molecule has 0 aliphatic carbocycles. The third-order valence-electron chi connectivity index (χ3n) is 4.09. The van der Waals surface area contributed by atoms with Crippen LogP contribution in [-0.4, -0.2) is 36.8 Å². The van der Waals surface area contributed by atoms with Gasteiger partial charge in [-0.1, -0.05) is 0 Å². The SMILES string of the molecule is COCCCn1c2c(cc(C(C)(C)N)c1=O)CN(C)CC2. The number of likely N-dealkylation sites (N-methyl/N-ethyl adjacent to an activating group) is 1. The Hall–Kier alpha value is -1.17. The number of nitrogens with zero attached hydrogens (tertiary/aromatic N) is 2. The van der Waals surface area contributed by atoms with Gasteiger partial charge in [-0.3, -0.25) is 4.79 Å². The van der Waals surface area contributed by atoms with Crippen LogP contribution in [0.2, 0.25) is 0 Å². The summed E-state index contributed by atoms with van der Waals surface area (Å²) in [6.07, 6.45) is 1.76. The van der Waals surface area contributed by atoms with E-state index < -0.39 is 5.54 Å². The number of nitrogens with two attached hydrogens (primary N) is 1. The molecule has 5 nitrogen and oxygen atoms in total. The lowest BCUT2D eigenvalue weighted by atomic mass is 9.93. The van der Waals surface area contributed by atoms with E-state index in [1.165, 1.54) is 11.3 Å². The largest absolute Gasteiger partial charge is 0.385 e. The maximum atomic E-state index is 12.8. The van der Waals surface area contributed by atoms with Crippen LogP contribution < -0.4 is 11.3 Å². The fraction of sp³-hybridized carbons (Fsp3) is 0.688. The monoisotopic (exact) mass is 293 g/mol. The fourth-order valence-electron chi connectivity index (χ4n) is 2.92. The first-order chi connectivity index (χ1) is 9.84. The first kappa shape index (κ1) is 16.2. The molecule has 2 rings (SSSR count). The Balaban J connectivity index is 2.49. The normalized spacial score (nSPS) is 16.0. The quantitative estimate of drug-likeness (QED) is 0.825. The zero-order valence-electron chi connectivity index (χ0n) is 13.6. The number of aromatic nitrogens is 1. The first-order valence-electron chi connectivity index (χ1n) is 7.57. The summed E-state index contributed by atoms with van der Waals surface area (Å²) in [5.74, 6) is 0. The molecule has 1 aliphatic heterocycles. The molecule has 2 N–H and O–H groups in total. The van der Waals surface area contributed by atoms with Gasteiger partial charge in [0.05, 0.1) is 0 Å². The van der Waals surface area contributed by atoms with Gasteiger partial charge in [-0.05, 0) is 38.9 Å². The summed E-state index contributed by atoms with van der Waals surface area (Å²) in [5.41, 5.74) is 8.74. The third kappa shape index (κ3) is 3.54. The van der Waals surface area contributed by atoms with Crippen molar-refractivity contribution >= 4 is 0 Å². The maximum Gasteiger partial charge on any atom is 0.255 e. The Bertz CT molecular complexity index is 558. The first-order valence-corrected chi connectivity index (χ1v) is 7.57. The van der Waals surface area contributed by atoms with Crippen LogP contribution in [0.1, 0.15) is 37.1 Å². The molecule has 0 bridgehead atoms. The fourth-order valence-corrected chi connectivity index (χ4v) is 2.92. The van der Waals surface area contributed by atoms with E-state index in [4.69, 9.17) is 10.5 Å². The van der Waals surface area contributed by atoms with E-state index in [9.17, 15) is 4.79 Å². The summed E-state index contributed by atoms with van der Waals surface area (Å²) < 4.78 is 7.04. The van der Waals surface area contributed by atoms with E-state index in [1.807, 2.05) is 24.5 Å². The Morgan fingerprint density at radius 3 is 2.76 bits per heavy atom. The average molecular weight is 293 g/mol. The van der Waals surface area contributed by atoms with E-state index in [-0.39, 0.29) is 5.56 Å². The van der Waals surface area contributed by atoms with Crippen molar-refractivity contribution in [2.24, 2.45) is 5.73 Å². The summed E-state index contributed by atoms with van der Waals surface area (Å²) in [5, 5.41) is 0. The van der Waals surface area contributed by atoms with Crippen LogP contribution in [0.5, 0.6) is 0 Å². The Labute approximate surface area is 126 Å². The van der Waals surface area contributed by atoms with Gasteiger partial charge in [-0.15, -0.1) is 0 Å². The topological polar surface area (TPSA) is 60.5 Å². The highest BCUT2D eigenvalue weighted by atomic mass is 16.5. The molecule has 0 radical (unpaired) electrons. The molecule has 0 saturated carbocycles. The Kier molecular flexibility index (Phi) is 4.86. The number of pyridine rings is 1. The van der Waals surface area contributed by atoms with Crippen LogP contribution in [0, 0.1) is 0 Å². The van der Waals surface area contributed by atoms with Crippen molar-refractivity contribution < 1.29 is 4.74 Å². The lowest BCUT2D eigenvalue weighted by Crippen LogP contribution is -2.42. The van der Waals surface area contributed by atoms with Crippen molar-refractivity contribution in [2.75, 3.05) is 27.3 Å². The predicted molar refractivity (Wildman–Crippen MR) is 84.4 cm³/mol. The Morgan fingerprint density at radius 1 is 1.43 bits per heavy atom. The van der Waals surface area contributed by atoms with E-state index in [1.54, 1.807) is 7.11 Å². The molecule has 1 aromatic rings. The van der Waals surface area contributed by atoms with Crippen LogP contribution in [0.4, 0.5) is 0 Å². The molecule has 2 heterocycles. The van der Waals surface area contributed by atoms with E-state index in [2.05, 4.69) is 11.9 Å². The number of hydrogen-bond donors (Lipinski definition) is 1. The van der Waals surface area contributed by atoms with Gasteiger partial charge in [0.15, 0.2) is 0 Å². The van der Waals surface area contributed by atoms with Crippen molar-refractivity contribution in [3.63, 3.8) is 0 Å². The molecule has 21 heavy (non-hydrogen) atoms. The average Bonchev–Trinajstić information content (AvgIpc) is 2.39. The van der Waals surface area contributed by atoms with Gasteiger partial charge < -0.3 is 19.9 Å². The maximum absolute atomic E-state index is 12.8. The molecule has 0 spiro atoms. The molecule has 118 valence electrons. The van der Waals surface area contributed by atoms with Crippen molar-refractivity contribution in [3.05, 3.63) is 33.2 Å². The van der Waals surface area contributed by atoms with Gasteiger partial charge >= 0.3 is 0 Å². The second-order valence-corrected chi connectivity index (χ2v) is 6.54. The van der Waals surface area contributed by atoms with Crippen LogP contribution in [-0.2, 0) is 29.8 Å². The molecule has 0 aromatic carbocycles. The summed E-state index contributed by atoms with van der Waals surface area (Å²) in [4.78, 5) is 15.1. The highest BCUT2D eigenvalue weighted by molar-refractivity contribution is 5.32. The molecular weight excluding hydrogens is 266 g/mol. The number of hydrogen-bond acceptors (Lipinski definition) is 4. The molecule has 0 amide bonds. The minimum absolute atomic E-state index is 0.0573. The zero-order chi connectivity index (χ0) is 15.6. The van der Waals surface area contributed by atoms with Crippen LogP contribution >= 0.6 is 0 Å². The number of methoxy groups -OCH3 is 1. The van der Waals surface area contributed by atoms with Crippen molar-refractivity contribution in [2.45, 2.75) is 45.3 Å². The minimum Gasteiger partial charge on any atom is -0.385 e. The standard InChI is InChI=1S/C16H27N3O2/c1-16(2,17)13-10-12-11-18(3)8-6-14(12)19(15(13)20)7-5-9-21-4/h10H,5-9,11,17H2,1-4H3. The van der Waals surface area contributed by atoms with Crippen LogP contribution in [0.3, 0.4) is 0 Å². The van der Waals surface area contributed by atoms with E-state index in [0.717, 1.165) is 25.9 Å². The highest BCUT2D eigenvalue weighted by Gasteiger charge is 2.25. The van der Waals surface area contributed by atoms with Gasteiger partial charge in [-0.25, -0.2) is 0 Å². The van der Waals surface area contributed by atoms with Gasteiger partial charge in [0, 0.05) is 56.6 Å². The van der Waals surface area contributed by atoms with Crippen LogP contribution in [0.15, 0.2) is 10.9 Å². The van der Waals surface area contributed by atoms with Crippen molar-refractivity contribution in [3.8, 4) is 0 Å². The molecule has 1 aromatic heterocycles.